The summed E-state index contributed by atoms with van der Waals surface area (Å²) >= 11 is 0. The van der Waals surface area contributed by atoms with Gasteiger partial charge in [-0.25, -0.2) is 17.2 Å². The first-order chi connectivity index (χ1) is 20.6. The maximum Gasteiger partial charge on any atom is 0.250 e. The maximum absolute atomic E-state index is 16.2. The third-order valence-corrected chi connectivity index (χ3v) is 10.4. The predicted octanol–water partition coefficient (Wildman–Crippen LogP) is 5.43. The molecule has 0 amide bonds. The molecule has 12 heteroatoms. The zero-order valence-electron chi connectivity index (χ0n) is 25.1. The molecule has 0 radical (unpaired) electrons. The van der Waals surface area contributed by atoms with E-state index in [4.69, 9.17) is 14.9 Å². The molecule has 0 bridgehead atoms. The van der Waals surface area contributed by atoms with Crippen LogP contribution < -0.4 is 10.5 Å². The molecule has 2 heterocycles. The Bertz CT molecular complexity index is 1800. The van der Waals surface area contributed by atoms with Gasteiger partial charge in [-0.05, 0) is 74.1 Å². The largest absolute Gasteiger partial charge is 0.495 e. The number of nitrogens with two attached hydrogens (primary N) is 1. The summed E-state index contributed by atoms with van der Waals surface area (Å²) in [6.45, 7) is 4.11. The van der Waals surface area contributed by atoms with Crippen molar-refractivity contribution in [3.8, 4) is 28.5 Å². The number of ketones is 1. The van der Waals surface area contributed by atoms with Crippen molar-refractivity contribution in [1.29, 1.82) is 0 Å². The first-order valence-electron chi connectivity index (χ1n) is 14.0. The van der Waals surface area contributed by atoms with Crippen LogP contribution in [-0.4, -0.2) is 48.8 Å². The fourth-order valence-electron chi connectivity index (χ4n) is 5.37. The number of aromatic nitrogens is 3. The number of fused-ring (bicyclic) bond motifs is 1. The first kappa shape index (κ1) is 31.4. The van der Waals surface area contributed by atoms with Gasteiger partial charge in [0.1, 0.15) is 27.8 Å². The zero-order chi connectivity index (χ0) is 32.0. The van der Waals surface area contributed by atoms with E-state index in [1.54, 1.807) is 13.3 Å². The second-order valence-corrected chi connectivity index (χ2v) is 14.5. The van der Waals surface area contributed by atoms with E-state index in [0.717, 1.165) is 29.1 Å². The molecule has 9 nitrogen and oxygen atoms in total. The van der Waals surface area contributed by atoms with Crippen LogP contribution in [0.3, 0.4) is 0 Å². The number of rotatable bonds is 7. The second kappa shape index (κ2) is 11.5. The lowest BCUT2D eigenvalue weighted by molar-refractivity contribution is -0.121. The number of hydrogen-bond acceptors (Lipinski definition) is 9. The summed E-state index contributed by atoms with van der Waals surface area (Å²) < 4.78 is 65.8. The Morgan fingerprint density at radius 2 is 1.84 bits per heavy atom. The Labute approximate surface area is 254 Å². The molecule has 3 atom stereocenters. The number of carbonyl (C=O) groups excluding carboxylic acids is 1. The molecule has 2 unspecified atom stereocenters. The SMILES string of the molecule is COc1ccc(-c2ccc(CC3CC(=O)[C@H](N)CC(C)(F)c4cc(F)c(-c5nnc(C(C)(C)S(C)(=O)=O)o5)cc43)cc2)nc1. The van der Waals surface area contributed by atoms with Crippen LogP contribution in [0.4, 0.5) is 8.78 Å². The Morgan fingerprint density at radius 1 is 1.14 bits per heavy atom. The van der Waals surface area contributed by atoms with Crippen LogP contribution in [-0.2, 0) is 31.5 Å². The molecule has 2 aromatic carbocycles. The van der Waals surface area contributed by atoms with Crippen molar-refractivity contribution < 1.29 is 31.1 Å². The minimum atomic E-state index is -3.65. The molecule has 0 aliphatic heterocycles. The highest BCUT2D eigenvalue weighted by molar-refractivity contribution is 7.91. The summed E-state index contributed by atoms with van der Waals surface area (Å²) in [6, 6.07) is 12.7. The lowest BCUT2D eigenvalue weighted by Gasteiger charge is -2.33. The molecule has 2 aromatic heterocycles. The standard InChI is InChI=1S/C32H34F2N4O5S/c1-31(2,44(5,40)41)30-38-37-29(43-30)23-14-22-20(13-28(39)26(35)16-32(3,34)24(22)15-25(23)33)12-18-6-8-19(9-7-18)27-11-10-21(42-4)17-36-27/h6-11,14-15,17,20,26H,12-13,16,35H2,1-5H3/t20?,26-,32?/m1/s1. The molecule has 4 aromatic rings. The quantitative estimate of drug-likeness (QED) is 0.285. The Hall–Kier alpha value is -4.03. The Balaban J connectivity index is 1.56. The first-order valence-corrected chi connectivity index (χ1v) is 15.9. The molecule has 232 valence electrons. The Kier molecular flexibility index (Phi) is 8.19. The summed E-state index contributed by atoms with van der Waals surface area (Å²) in [7, 11) is -2.08. The van der Waals surface area contributed by atoms with E-state index < -0.39 is 38.0 Å². The van der Waals surface area contributed by atoms with E-state index in [1.165, 1.54) is 26.8 Å². The molecular weight excluding hydrogens is 590 g/mol. The zero-order valence-corrected chi connectivity index (χ0v) is 25.9. The van der Waals surface area contributed by atoms with E-state index in [2.05, 4.69) is 15.2 Å². The molecule has 1 aliphatic rings. The van der Waals surface area contributed by atoms with E-state index in [0.29, 0.717) is 17.7 Å². The highest BCUT2D eigenvalue weighted by Gasteiger charge is 2.41. The van der Waals surface area contributed by atoms with E-state index >= 15 is 8.78 Å². The smallest absolute Gasteiger partial charge is 0.250 e. The van der Waals surface area contributed by atoms with E-state index in [1.807, 2.05) is 36.4 Å². The fraction of sp³-hybridized carbons (Fsp3) is 0.375. The molecule has 5 rings (SSSR count). The van der Waals surface area contributed by atoms with Gasteiger partial charge in [0.25, 0.3) is 5.89 Å². The normalized spacial score (nSPS) is 21.0. The number of methoxy groups -OCH3 is 1. The summed E-state index contributed by atoms with van der Waals surface area (Å²) in [4.78, 5) is 17.5. The third-order valence-electron chi connectivity index (χ3n) is 8.41. The lowest BCUT2D eigenvalue weighted by atomic mass is 9.75. The minimum Gasteiger partial charge on any atom is -0.495 e. The van der Waals surface area contributed by atoms with Gasteiger partial charge in [-0.2, -0.15) is 0 Å². The average molecular weight is 625 g/mol. The van der Waals surface area contributed by atoms with Crippen LogP contribution in [0.25, 0.3) is 22.7 Å². The van der Waals surface area contributed by atoms with Gasteiger partial charge in [-0.15, -0.1) is 10.2 Å². The molecule has 0 saturated carbocycles. The molecule has 0 spiro atoms. The minimum absolute atomic E-state index is 0.00724. The van der Waals surface area contributed by atoms with Gasteiger partial charge < -0.3 is 14.9 Å². The fourth-order valence-corrected chi connectivity index (χ4v) is 5.77. The summed E-state index contributed by atoms with van der Waals surface area (Å²) in [5.74, 6) is -1.50. The average Bonchev–Trinajstić information content (AvgIpc) is 3.47. The molecule has 0 saturated heterocycles. The van der Waals surface area contributed by atoms with Crippen LogP contribution >= 0.6 is 0 Å². The number of benzene rings is 2. The molecule has 1 aliphatic carbocycles. The Morgan fingerprint density at radius 3 is 2.45 bits per heavy atom. The third kappa shape index (κ3) is 6.00. The lowest BCUT2D eigenvalue weighted by Crippen LogP contribution is -2.40. The number of pyridine rings is 1. The molecular formula is C32H34F2N4O5S. The van der Waals surface area contributed by atoms with Gasteiger partial charge in [0.15, 0.2) is 9.84 Å². The van der Waals surface area contributed by atoms with Crippen LogP contribution in [0.5, 0.6) is 5.75 Å². The van der Waals surface area contributed by atoms with Gasteiger partial charge >= 0.3 is 0 Å². The van der Waals surface area contributed by atoms with Gasteiger partial charge in [-0.3, -0.25) is 9.78 Å². The molecule has 44 heavy (non-hydrogen) atoms. The van der Waals surface area contributed by atoms with Crippen molar-refractivity contribution >= 4 is 15.6 Å². The maximum atomic E-state index is 16.2. The van der Waals surface area contributed by atoms with Gasteiger partial charge in [-0.1, -0.05) is 24.3 Å². The van der Waals surface area contributed by atoms with Crippen LogP contribution in [0.2, 0.25) is 0 Å². The van der Waals surface area contributed by atoms with Crippen molar-refractivity contribution in [2.24, 2.45) is 5.73 Å². The van der Waals surface area contributed by atoms with E-state index in [9.17, 15) is 13.2 Å². The highest BCUT2D eigenvalue weighted by atomic mass is 32.2. The van der Waals surface area contributed by atoms with Crippen molar-refractivity contribution in [3.63, 3.8) is 0 Å². The van der Waals surface area contributed by atoms with Crippen molar-refractivity contribution in [1.82, 2.24) is 15.2 Å². The van der Waals surface area contributed by atoms with Crippen molar-refractivity contribution in [2.75, 3.05) is 13.4 Å². The van der Waals surface area contributed by atoms with Crippen LogP contribution in [0, 0.1) is 5.82 Å². The number of Topliss-reactive ketones (excluding diaryl/α,β-unsaturated/α-hetero) is 1. The summed E-state index contributed by atoms with van der Waals surface area (Å²) in [5, 5.41) is 7.80. The predicted molar refractivity (Wildman–Crippen MR) is 161 cm³/mol. The monoisotopic (exact) mass is 624 g/mol. The molecule has 2 N–H and O–H groups in total. The number of carbonyl (C=O) groups is 1. The number of hydrogen-bond donors (Lipinski definition) is 1. The van der Waals surface area contributed by atoms with Gasteiger partial charge in [0.2, 0.25) is 5.89 Å². The van der Waals surface area contributed by atoms with Crippen LogP contribution in [0.1, 0.15) is 62.1 Å². The number of halogens is 2. The second-order valence-electron chi connectivity index (χ2n) is 12.0. The van der Waals surface area contributed by atoms with Crippen LogP contribution in [0.15, 0.2) is 59.1 Å². The number of alkyl halides is 1. The van der Waals surface area contributed by atoms with Gasteiger partial charge in [0.05, 0.1) is 30.6 Å². The highest BCUT2D eigenvalue weighted by Crippen LogP contribution is 2.43. The van der Waals surface area contributed by atoms with Crippen molar-refractivity contribution in [2.45, 2.75) is 62.4 Å². The number of ether oxygens (including phenoxy) is 1. The van der Waals surface area contributed by atoms with E-state index in [-0.39, 0.29) is 41.5 Å². The molecule has 0 fully saturated rings. The van der Waals surface area contributed by atoms with Crippen molar-refractivity contribution in [3.05, 3.63) is 83.1 Å². The number of nitrogens with zero attached hydrogens (tertiary/aromatic N) is 3. The summed E-state index contributed by atoms with van der Waals surface area (Å²) in [6.07, 6.45) is 2.70. The number of sulfone groups is 1. The summed E-state index contributed by atoms with van der Waals surface area (Å²) in [5.41, 5.74) is 6.85. The topological polar surface area (TPSA) is 138 Å². The van der Waals surface area contributed by atoms with Gasteiger partial charge in [0, 0.05) is 24.7 Å².